The Bertz CT molecular complexity index is 971. The van der Waals surface area contributed by atoms with Gasteiger partial charge in [-0.25, -0.2) is 13.4 Å². The van der Waals surface area contributed by atoms with Gasteiger partial charge in [0, 0.05) is 20.5 Å². The van der Waals surface area contributed by atoms with Gasteiger partial charge in [0.1, 0.15) is 11.0 Å². The zero-order chi connectivity index (χ0) is 21.7. The molecular weight excluding hydrogens is 422 g/mol. The van der Waals surface area contributed by atoms with Gasteiger partial charge in [-0.05, 0) is 54.5 Å². The van der Waals surface area contributed by atoms with Crippen molar-refractivity contribution in [3.63, 3.8) is 0 Å². The normalized spacial score (nSPS) is 15.7. The van der Waals surface area contributed by atoms with Crippen LogP contribution in [-0.4, -0.2) is 38.6 Å². The Balaban J connectivity index is 1.79. The summed E-state index contributed by atoms with van der Waals surface area (Å²) >= 11 is 5.63. The fraction of sp³-hybridized carbons (Fsp3) is 0.455. The smallest absolute Gasteiger partial charge is 0.226 e. The summed E-state index contributed by atoms with van der Waals surface area (Å²) in [5.41, 5.74) is 1.83. The van der Waals surface area contributed by atoms with Crippen LogP contribution in [0.4, 0.5) is 11.5 Å². The average Bonchev–Trinajstić information content (AvgIpc) is 3.27. The number of nitrogens with zero attached hydrogens (tertiary/aromatic N) is 2. The highest BCUT2D eigenvalue weighted by atomic mass is 35.5. The van der Waals surface area contributed by atoms with Gasteiger partial charge < -0.3 is 10.2 Å². The second-order valence-electron chi connectivity index (χ2n) is 8.00. The number of benzene rings is 1. The molecule has 0 aliphatic heterocycles. The van der Waals surface area contributed by atoms with E-state index in [2.05, 4.69) is 10.3 Å². The fourth-order valence-corrected chi connectivity index (χ4v) is 5.14. The maximum absolute atomic E-state index is 12.8. The Labute approximate surface area is 183 Å². The number of anilines is 2. The molecule has 0 saturated heterocycles. The summed E-state index contributed by atoms with van der Waals surface area (Å²) in [6, 6.07) is 10.6. The van der Waals surface area contributed by atoms with Crippen molar-refractivity contribution in [3.8, 4) is 0 Å². The Morgan fingerprint density at radius 3 is 2.57 bits per heavy atom. The van der Waals surface area contributed by atoms with Gasteiger partial charge in [-0.3, -0.25) is 4.79 Å². The maximum Gasteiger partial charge on any atom is 0.226 e. The van der Waals surface area contributed by atoms with Crippen LogP contribution >= 0.6 is 11.6 Å². The van der Waals surface area contributed by atoms with E-state index in [4.69, 9.17) is 11.6 Å². The fourth-order valence-electron chi connectivity index (χ4n) is 4.04. The molecule has 1 aromatic carbocycles. The van der Waals surface area contributed by atoms with Gasteiger partial charge in [-0.15, -0.1) is 11.6 Å². The van der Waals surface area contributed by atoms with E-state index in [9.17, 15) is 13.2 Å². The number of hydrogen-bond acceptors (Lipinski definition) is 5. The van der Waals surface area contributed by atoms with Crippen molar-refractivity contribution < 1.29 is 13.2 Å². The standard InChI is InChI=1S/C22H28ClN3O3S/c1-26(2)18-10-11-21(24-14-18)25-22(27)13-20(16-6-3-4-7-16)17-8-5-9-19(12-17)30(28,29)15-23/h5,8-12,14,16,20H,3-4,6-7,13,15H2,1-2H3,(H,24,25,27). The van der Waals surface area contributed by atoms with Gasteiger partial charge in [0.25, 0.3) is 0 Å². The molecule has 1 N–H and O–H groups in total. The zero-order valence-electron chi connectivity index (χ0n) is 17.3. The van der Waals surface area contributed by atoms with Crippen LogP contribution in [0.15, 0.2) is 47.5 Å². The molecule has 1 saturated carbocycles. The molecule has 162 valence electrons. The number of sulfone groups is 1. The van der Waals surface area contributed by atoms with Crippen LogP contribution in [0.5, 0.6) is 0 Å². The predicted octanol–water partition coefficient (Wildman–Crippen LogP) is 4.42. The van der Waals surface area contributed by atoms with Crippen LogP contribution in [-0.2, 0) is 14.6 Å². The summed E-state index contributed by atoms with van der Waals surface area (Å²) < 4.78 is 24.4. The zero-order valence-corrected chi connectivity index (χ0v) is 18.9. The molecular formula is C22H28ClN3O3S. The molecule has 1 amide bonds. The first-order valence-corrected chi connectivity index (χ1v) is 12.3. The first-order valence-electron chi connectivity index (χ1n) is 10.1. The van der Waals surface area contributed by atoms with Crippen LogP contribution in [0.25, 0.3) is 0 Å². The summed E-state index contributed by atoms with van der Waals surface area (Å²) in [7, 11) is 0.346. The monoisotopic (exact) mass is 449 g/mol. The molecule has 8 heteroatoms. The number of carbonyl (C=O) groups is 1. The van der Waals surface area contributed by atoms with Crippen molar-refractivity contribution >= 4 is 38.9 Å². The first kappa shape index (κ1) is 22.6. The number of aromatic nitrogens is 1. The summed E-state index contributed by atoms with van der Waals surface area (Å²) in [4.78, 5) is 19.3. The van der Waals surface area contributed by atoms with E-state index in [0.29, 0.717) is 11.7 Å². The molecule has 0 bridgehead atoms. The van der Waals surface area contributed by atoms with E-state index in [0.717, 1.165) is 36.9 Å². The SMILES string of the molecule is CN(C)c1ccc(NC(=O)CC(c2cccc(S(=O)(=O)CCl)c2)C2CCCC2)nc1. The van der Waals surface area contributed by atoms with Crippen molar-refractivity contribution in [3.05, 3.63) is 48.2 Å². The molecule has 0 radical (unpaired) electrons. The number of halogens is 1. The molecule has 1 aromatic heterocycles. The maximum atomic E-state index is 12.8. The summed E-state index contributed by atoms with van der Waals surface area (Å²) in [5.74, 6) is 0.699. The van der Waals surface area contributed by atoms with E-state index in [1.807, 2.05) is 31.1 Å². The average molecular weight is 450 g/mol. The van der Waals surface area contributed by atoms with Gasteiger partial charge in [-0.2, -0.15) is 0 Å². The third-order valence-electron chi connectivity index (χ3n) is 5.69. The molecule has 1 atom stereocenters. The molecule has 1 aliphatic rings. The van der Waals surface area contributed by atoms with E-state index in [1.165, 1.54) is 0 Å². The lowest BCUT2D eigenvalue weighted by Gasteiger charge is -2.24. The molecule has 6 nitrogen and oxygen atoms in total. The van der Waals surface area contributed by atoms with Crippen LogP contribution in [0.1, 0.15) is 43.6 Å². The summed E-state index contributed by atoms with van der Waals surface area (Å²) in [6.45, 7) is 0. The summed E-state index contributed by atoms with van der Waals surface area (Å²) in [5, 5.41) is 2.42. The van der Waals surface area contributed by atoms with Gasteiger partial charge >= 0.3 is 0 Å². The van der Waals surface area contributed by atoms with Crippen molar-refractivity contribution in [2.24, 2.45) is 5.92 Å². The molecule has 3 rings (SSSR count). The second kappa shape index (κ2) is 9.79. The number of carbonyl (C=O) groups excluding carboxylic acids is 1. The quantitative estimate of drug-likeness (QED) is 0.603. The van der Waals surface area contributed by atoms with Crippen LogP contribution < -0.4 is 10.2 Å². The van der Waals surface area contributed by atoms with Crippen LogP contribution in [0.3, 0.4) is 0 Å². The molecule has 30 heavy (non-hydrogen) atoms. The van der Waals surface area contributed by atoms with Crippen molar-refractivity contribution in [1.29, 1.82) is 0 Å². The predicted molar refractivity (Wildman–Crippen MR) is 121 cm³/mol. The number of nitrogens with one attached hydrogen (secondary N) is 1. The highest BCUT2D eigenvalue weighted by Crippen LogP contribution is 2.40. The third kappa shape index (κ3) is 5.52. The minimum Gasteiger partial charge on any atom is -0.376 e. The van der Waals surface area contributed by atoms with E-state index in [-0.39, 0.29) is 23.1 Å². The minimum absolute atomic E-state index is 0.0426. The Kier molecular flexibility index (Phi) is 7.36. The molecule has 1 heterocycles. The summed E-state index contributed by atoms with van der Waals surface area (Å²) in [6.07, 6.45) is 6.35. The highest BCUT2D eigenvalue weighted by molar-refractivity contribution is 7.92. The minimum atomic E-state index is -3.52. The van der Waals surface area contributed by atoms with Gasteiger partial charge in [0.2, 0.25) is 5.91 Å². The van der Waals surface area contributed by atoms with E-state index < -0.39 is 15.0 Å². The van der Waals surface area contributed by atoms with E-state index >= 15 is 0 Å². The van der Waals surface area contributed by atoms with Crippen molar-refractivity contribution in [2.45, 2.75) is 42.9 Å². The van der Waals surface area contributed by atoms with Crippen molar-refractivity contribution in [1.82, 2.24) is 4.98 Å². The number of alkyl halides is 1. The second-order valence-corrected chi connectivity index (χ2v) is 10.6. The molecule has 1 aliphatic carbocycles. The van der Waals surface area contributed by atoms with Gasteiger partial charge in [0.05, 0.1) is 16.8 Å². The number of amides is 1. The first-order chi connectivity index (χ1) is 14.3. The number of hydrogen-bond donors (Lipinski definition) is 1. The molecule has 2 aromatic rings. The lowest BCUT2D eigenvalue weighted by Crippen LogP contribution is -2.21. The molecule has 1 fully saturated rings. The van der Waals surface area contributed by atoms with Gasteiger partial charge in [-0.1, -0.05) is 25.0 Å². The number of rotatable bonds is 8. The Hall–Kier alpha value is -2.12. The third-order valence-corrected chi connectivity index (χ3v) is 7.82. The largest absolute Gasteiger partial charge is 0.376 e. The molecule has 0 spiro atoms. The van der Waals surface area contributed by atoms with Crippen LogP contribution in [0.2, 0.25) is 0 Å². The highest BCUT2D eigenvalue weighted by Gasteiger charge is 2.29. The lowest BCUT2D eigenvalue weighted by molar-refractivity contribution is -0.116. The Morgan fingerprint density at radius 2 is 1.97 bits per heavy atom. The van der Waals surface area contributed by atoms with Crippen LogP contribution in [0, 0.1) is 5.92 Å². The van der Waals surface area contributed by atoms with Crippen molar-refractivity contribution in [2.75, 3.05) is 29.5 Å². The lowest BCUT2D eigenvalue weighted by atomic mass is 9.82. The van der Waals surface area contributed by atoms with Gasteiger partial charge in [0.15, 0.2) is 9.84 Å². The topological polar surface area (TPSA) is 79.4 Å². The molecule has 1 unspecified atom stereocenters. The van der Waals surface area contributed by atoms with E-state index in [1.54, 1.807) is 30.5 Å². The Morgan fingerprint density at radius 1 is 1.23 bits per heavy atom. The number of pyridine rings is 1.